The first kappa shape index (κ1) is 18.7. The van der Waals surface area contributed by atoms with Gasteiger partial charge in [0.05, 0.1) is 31.3 Å². The minimum Gasteiger partial charge on any atom is -0.595 e. The number of ether oxygens (including phenoxy) is 2. The first-order valence-corrected chi connectivity index (χ1v) is 7.50. The fraction of sp³-hybridized carbons (Fsp3) is 0.294. The lowest BCUT2D eigenvalue weighted by Crippen LogP contribution is -2.99. The summed E-state index contributed by atoms with van der Waals surface area (Å²) < 4.78 is 9.72. The van der Waals surface area contributed by atoms with E-state index in [0.717, 1.165) is 0 Å². The van der Waals surface area contributed by atoms with Crippen LogP contribution in [-0.2, 0) is 19.1 Å². The first-order valence-electron chi connectivity index (χ1n) is 7.50. The maximum absolute atomic E-state index is 12.3. The third-order valence-corrected chi connectivity index (χ3v) is 4.04. The summed E-state index contributed by atoms with van der Waals surface area (Å²) in [6, 6.07) is 6.10. The number of quaternary nitrogens is 1. The number of carbonyl (C=O) groups excluding carboxylic acids is 2. The lowest BCUT2D eigenvalue weighted by Gasteiger charge is -2.30. The number of nitrogens with one attached hydrogen (secondary N) is 2. The third-order valence-electron chi connectivity index (χ3n) is 4.04. The van der Waals surface area contributed by atoms with Crippen LogP contribution < -0.4 is 10.5 Å². The fourth-order valence-electron chi connectivity index (χ4n) is 2.94. The van der Waals surface area contributed by atoms with Crippen LogP contribution in [-0.4, -0.2) is 31.4 Å². The highest BCUT2D eigenvalue weighted by molar-refractivity contribution is 5.99. The van der Waals surface area contributed by atoms with E-state index in [1.165, 1.54) is 26.4 Å². The van der Waals surface area contributed by atoms with Crippen molar-refractivity contribution in [3.8, 4) is 0 Å². The molecule has 1 unspecified atom stereocenters. The van der Waals surface area contributed by atoms with Gasteiger partial charge in [-0.15, -0.1) is 0 Å². The second kappa shape index (κ2) is 7.47. The Morgan fingerprint density at radius 3 is 2.08 bits per heavy atom. The number of carbonyl (C=O) groups is 2. The topological polar surface area (TPSA) is 112 Å². The van der Waals surface area contributed by atoms with Gasteiger partial charge in [0.2, 0.25) is 0 Å². The zero-order chi connectivity index (χ0) is 18.7. The molecule has 0 aromatic heterocycles. The highest BCUT2D eigenvalue weighted by atomic mass is 16.8. The van der Waals surface area contributed by atoms with Gasteiger partial charge in [-0.2, -0.15) is 5.23 Å². The second-order valence-electron chi connectivity index (χ2n) is 5.55. The van der Waals surface area contributed by atoms with E-state index in [9.17, 15) is 20.0 Å². The first-order chi connectivity index (χ1) is 11.8. The molecule has 1 atom stereocenters. The monoisotopic (exact) mass is 348 g/mol. The molecule has 0 amide bonds. The van der Waals surface area contributed by atoms with E-state index in [4.69, 9.17) is 9.47 Å². The van der Waals surface area contributed by atoms with E-state index in [1.807, 2.05) is 0 Å². The van der Waals surface area contributed by atoms with E-state index < -0.39 is 23.1 Å². The molecule has 0 spiro atoms. The van der Waals surface area contributed by atoms with Crippen LogP contribution in [0.5, 0.6) is 0 Å². The number of hydrogen-bond donors (Lipinski definition) is 3. The van der Waals surface area contributed by atoms with E-state index in [0.29, 0.717) is 17.0 Å². The number of allylic oxidation sites excluding steroid dienone is 2. The molecule has 0 radical (unpaired) electrons. The number of rotatable bonds is 4. The van der Waals surface area contributed by atoms with Gasteiger partial charge in [0.25, 0.3) is 0 Å². The molecule has 134 valence electrons. The largest absolute Gasteiger partial charge is 0.595 e. The standard InChI is InChI=1S/C17H20N2O6/c1-9-13(16(20)24-3)15(14(10(2)18-9)17(21)25-4)11-6-5-7-12(8-11)19(22)23/h5-8,15,18-19,22H,1-4H3. The van der Waals surface area contributed by atoms with E-state index in [2.05, 4.69) is 5.32 Å². The molecule has 0 aliphatic carbocycles. The van der Waals surface area contributed by atoms with Crippen LogP contribution in [0.1, 0.15) is 25.3 Å². The maximum atomic E-state index is 12.3. The molecule has 0 fully saturated rings. The molecule has 8 nitrogen and oxygen atoms in total. The van der Waals surface area contributed by atoms with Gasteiger partial charge in [-0.3, -0.25) is 0 Å². The summed E-state index contributed by atoms with van der Waals surface area (Å²) in [5.41, 5.74) is 2.07. The van der Waals surface area contributed by atoms with Crippen molar-refractivity contribution in [3.05, 3.63) is 57.6 Å². The SMILES string of the molecule is COC(=O)C1=C(C)NC(C)=C(C(=O)OC)C1c1cccc([NH+]([O-])O)c1. The number of benzene rings is 1. The van der Waals surface area contributed by atoms with Crippen molar-refractivity contribution in [2.75, 3.05) is 14.2 Å². The van der Waals surface area contributed by atoms with E-state index in [-0.39, 0.29) is 16.8 Å². The second-order valence-corrected chi connectivity index (χ2v) is 5.55. The van der Waals surface area contributed by atoms with Crippen LogP contribution >= 0.6 is 0 Å². The summed E-state index contributed by atoms with van der Waals surface area (Å²) in [5, 5.41) is 22.4. The lowest BCUT2D eigenvalue weighted by atomic mass is 9.80. The minimum atomic E-state index is -1.10. The molecule has 0 bridgehead atoms. The molecule has 1 aromatic rings. The van der Waals surface area contributed by atoms with Crippen LogP contribution in [0.2, 0.25) is 0 Å². The summed E-state index contributed by atoms with van der Waals surface area (Å²) in [5.74, 6) is -2.00. The number of methoxy groups -OCH3 is 2. The van der Waals surface area contributed by atoms with Gasteiger partial charge in [0, 0.05) is 23.5 Å². The van der Waals surface area contributed by atoms with E-state index >= 15 is 0 Å². The minimum absolute atomic E-state index is 0.0553. The molecule has 0 saturated heterocycles. The Labute approximate surface area is 144 Å². The van der Waals surface area contributed by atoms with Gasteiger partial charge < -0.3 is 20.0 Å². The van der Waals surface area contributed by atoms with Gasteiger partial charge in [-0.1, -0.05) is 12.1 Å². The Hall–Kier alpha value is -2.68. The van der Waals surface area contributed by atoms with Gasteiger partial charge in [-0.25, -0.2) is 14.8 Å². The normalized spacial score (nSPS) is 16.4. The van der Waals surface area contributed by atoms with Crippen molar-refractivity contribution in [1.29, 1.82) is 0 Å². The average Bonchev–Trinajstić information content (AvgIpc) is 2.59. The molecule has 8 heteroatoms. The smallest absolute Gasteiger partial charge is 0.336 e. The molecule has 0 saturated carbocycles. The Morgan fingerprint density at radius 1 is 1.12 bits per heavy atom. The van der Waals surface area contributed by atoms with Crippen molar-refractivity contribution in [2.24, 2.45) is 0 Å². The van der Waals surface area contributed by atoms with Crippen LogP contribution in [0.3, 0.4) is 0 Å². The quantitative estimate of drug-likeness (QED) is 0.541. The molecular formula is C17H20N2O6. The zero-order valence-electron chi connectivity index (χ0n) is 14.4. The highest BCUT2D eigenvalue weighted by Crippen LogP contribution is 2.39. The molecule has 1 aromatic carbocycles. The molecule has 2 rings (SSSR count). The van der Waals surface area contributed by atoms with Crippen LogP contribution in [0.25, 0.3) is 0 Å². The van der Waals surface area contributed by atoms with E-state index in [1.54, 1.807) is 26.0 Å². The average molecular weight is 348 g/mol. The van der Waals surface area contributed by atoms with Crippen molar-refractivity contribution in [2.45, 2.75) is 19.8 Å². The Kier molecular flexibility index (Phi) is 5.58. The van der Waals surface area contributed by atoms with Gasteiger partial charge in [0.15, 0.2) is 5.69 Å². The highest BCUT2D eigenvalue weighted by Gasteiger charge is 2.37. The van der Waals surface area contributed by atoms with Crippen molar-refractivity contribution >= 4 is 17.6 Å². The van der Waals surface area contributed by atoms with Gasteiger partial charge in [-0.05, 0) is 19.4 Å². The number of hydrogen-bond acceptors (Lipinski definition) is 7. The fourth-order valence-corrected chi connectivity index (χ4v) is 2.94. The zero-order valence-corrected chi connectivity index (χ0v) is 14.4. The predicted octanol–water partition coefficient (Wildman–Crippen LogP) is 0.671. The molecule has 25 heavy (non-hydrogen) atoms. The molecule has 1 aliphatic heterocycles. The third kappa shape index (κ3) is 3.55. The van der Waals surface area contributed by atoms with Gasteiger partial charge in [0.1, 0.15) is 0 Å². The number of esters is 2. The summed E-state index contributed by atoms with van der Waals surface area (Å²) >= 11 is 0. The predicted molar refractivity (Wildman–Crippen MR) is 87.5 cm³/mol. The molecule has 1 aliphatic rings. The summed E-state index contributed by atoms with van der Waals surface area (Å²) in [6.45, 7) is 3.38. The van der Waals surface area contributed by atoms with Crippen molar-refractivity contribution in [3.63, 3.8) is 0 Å². The summed E-state index contributed by atoms with van der Waals surface area (Å²) in [4.78, 5) is 24.7. The summed E-state index contributed by atoms with van der Waals surface area (Å²) in [6.07, 6.45) is 0. The number of dihydropyridines is 1. The Balaban J connectivity index is 2.70. The summed E-state index contributed by atoms with van der Waals surface area (Å²) in [7, 11) is 2.49. The van der Waals surface area contributed by atoms with Crippen molar-refractivity contribution in [1.82, 2.24) is 5.32 Å². The maximum Gasteiger partial charge on any atom is 0.336 e. The molecule has 1 heterocycles. The van der Waals surface area contributed by atoms with Crippen LogP contribution in [0, 0.1) is 5.21 Å². The Bertz CT molecular complexity index is 728. The Morgan fingerprint density at radius 2 is 1.64 bits per heavy atom. The van der Waals surface area contributed by atoms with Crippen LogP contribution in [0.4, 0.5) is 5.69 Å². The van der Waals surface area contributed by atoms with Crippen molar-refractivity contribution < 1.29 is 29.5 Å². The molecule has 3 N–H and O–H groups in total. The van der Waals surface area contributed by atoms with Gasteiger partial charge >= 0.3 is 11.9 Å². The van der Waals surface area contributed by atoms with Crippen LogP contribution in [0.15, 0.2) is 46.8 Å². The lowest BCUT2D eigenvalue weighted by molar-refractivity contribution is -0.991. The molecular weight excluding hydrogens is 328 g/mol.